The van der Waals surface area contributed by atoms with Crippen molar-refractivity contribution in [3.05, 3.63) is 30.1 Å². The smallest absolute Gasteiger partial charge is 0.112 e. The number of hydrogen-bond donors (Lipinski definition) is 1. The summed E-state index contributed by atoms with van der Waals surface area (Å²) in [6, 6.07) is 8.08. The van der Waals surface area contributed by atoms with Gasteiger partial charge in [-0.15, -0.1) is 0 Å². The fraction of sp³-hybridized carbons (Fsp3) is 0.533. The van der Waals surface area contributed by atoms with Crippen molar-refractivity contribution in [3.8, 4) is 0 Å². The molecule has 0 aliphatic rings. The minimum absolute atomic E-state index is 0.541. The number of para-hydroxylation sites is 2. The summed E-state index contributed by atoms with van der Waals surface area (Å²) >= 11 is 0. The second-order valence-corrected chi connectivity index (χ2v) is 5.18. The number of benzene rings is 1. The van der Waals surface area contributed by atoms with Crippen LogP contribution in [0.25, 0.3) is 11.0 Å². The number of aliphatic hydroxyl groups is 1. The van der Waals surface area contributed by atoms with Crippen LogP contribution in [0.3, 0.4) is 0 Å². The van der Waals surface area contributed by atoms with Crippen LogP contribution in [0.15, 0.2) is 24.3 Å². The van der Waals surface area contributed by atoms with Gasteiger partial charge >= 0.3 is 0 Å². The van der Waals surface area contributed by atoms with Gasteiger partial charge in [-0.3, -0.25) is 0 Å². The molecule has 19 heavy (non-hydrogen) atoms. The van der Waals surface area contributed by atoms with E-state index >= 15 is 0 Å². The number of ether oxygens (including phenoxy) is 1. The number of fused-ring (bicyclic) bond motifs is 1. The monoisotopic (exact) mass is 262 g/mol. The molecule has 0 amide bonds. The average Bonchev–Trinajstić information content (AvgIpc) is 2.72. The van der Waals surface area contributed by atoms with Gasteiger partial charge in [0, 0.05) is 26.7 Å². The van der Waals surface area contributed by atoms with Gasteiger partial charge in [0.2, 0.25) is 0 Å². The molecule has 0 fully saturated rings. The van der Waals surface area contributed by atoms with Crippen molar-refractivity contribution in [2.45, 2.75) is 38.8 Å². The minimum Gasteiger partial charge on any atom is -0.390 e. The van der Waals surface area contributed by atoms with Crippen LogP contribution in [0, 0.1) is 0 Å². The molecule has 1 atom stereocenters. The highest BCUT2D eigenvalue weighted by atomic mass is 16.5. The first kappa shape index (κ1) is 14.0. The fourth-order valence-corrected chi connectivity index (χ4v) is 2.36. The molecular weight excluding hydrogens is 240 g/mol. The zero-order valence-corrected chi connectivity index (χ0v) is 11.9. The van der Waals surface area contributed by atoms with E-state index in [-0.39, 0.29) is 0 Å². The van der Waals surface area contributed by atoms with Gasteiger partial charge in [-0.25, -0.2) is 4.98 Å². The summed E-state index contributed by atoms with van der Waals surface area (Å²) in [7, 11) is 1.65. The lowest BCUT2D eigenvalue weighted by Gasteiger charge is -2.22. The molecule has 1 heterocycles. The summed E-state index contributed by atoms with van der Waals surface area (Å²) in [5.74, 6) is 0.935. The van der Waals surface area contributed by atoms with Crippen LogP contribution >= 0.6 is 0 Å². The van der Waals surface area contributed by atoms with E-state index in [1.165, 1.54) is 0 Å². The Morgan fingerprint density at radius 2 is 2.11 bits per heavy atom. The van der Waals surface area contributed by atoms with E-state index in [4.69, 9.17) is 4.74 Å². The van der Waals surface area contributed by atoms with E-state index in [0.717, 1.165) is 23.4 Å². The molecule has 1 N–H and O–H groups in total. The van der Waals surface area contributed by atoms with Crippen LogP contribution in [0.4, 0.5) is 0 Å². The molecule has 0 saturated heterocycles. The second kappa shape index (κ2) is 5.72. The van der Waals surface area contributed by atoms with Crippen LogP contribution in [-0.4, -0.2) is 34.0 Å². The molecule has 4 nitrogen and oxygen atoms in total. The third-order valence-corrected chi connectivity index (χ3v) is 3.43. The Labute approximate surface area is 114 Å². The standard InChI is InChI=1S/C15H22N2O2/c1-4-17-13-8-6-5-7-12(13)16-14(17)11-15(2,18)9-10-19-3/h5-8,18H,4,9-11H2,1-3H3. The fourth-order valence-electron chi connectivity index (χ4n) is 2.36. The summed E-state index contributed by atoms with van der Waals surface area (Å²) in [6.07, 6.45) is 1.15. The maximum absolute atomic E-state index is 10.4. The lowest BCUT2D eigenvalue weighted by atomic mass is 9.98. The van der Waals surface area contributed by atoms with Crippen molar-refractivity contribution in [1.29, 1.82) is 0 Å². The Balaban J connectivity index is 2.29. The maximum atomic E-state index is 10.4. The predicted octanol–water partition coefficient (Wildman–Crippen LogP) is 2.39. The maximum Gasteiger partial charge on any atom is 0.112 e. The van der Waals surface area contributed by atoms with E-state index in [2.05, 4.69) is 22.5 Å². The van der Waals surface area contributed by atoms with Crippen LogP contribution in [0.2, 0.25) is 0 Å². The van der Waals surface area contributed by atoms with Gasteiger partial charge in [-0.05, 0) is 32.4 Å². The number of imidazole rings is 1. The van der Waals surface area contributed by atoms with Gasteiger partial charge in [0.1, 0.15) is 5.82 Å². The third-order valence-electron chi connectivity index (χ3n) is 3.43. The van der Waals surface area contributed by atoms with Crippen molar-refractivity contribution < 1.29 is 9.84 Å². The van der Waals surface area contributed by atoms with Gasteiger partial charge in [-0.1, -0.05) is 12.1 Å². The van der Waals surface area contributed by atoms with Gasteiger partial charge in [0.05, 0.1) is 16.6 Å². The first-order chi connectivity index (χ1) is 9.07. The predicted molar refractivity (Wildman–Crippen MR) is 76.2 cm³/mol. The lowest BCUT2D eigenvalue weighted by molar-refractivity contribution is 0.0228. The highest BCUT2D eigenvalue weighted by molar-refractivity contribution is 5.75. The molecule has 0 aliphatic heterocycles. The van der Waals surface area contributed by atoms with E-state index in [1.54, 1.807) is 7.11 Å². The number of hydrogen-bond acceptors (Lipinski definition) is 3. The van der Waals surface area contributed by atoms with Crippen LogP contribution in [0.5, 0.6) is 0 Å². The Bertz CT molecular complexity index is 546. The van der Waals surface area contributed by atoms with Gasteiger partial charge in [0.25, 0.3) is 0 Å². The van der Waals surface area contributed by atoms with Crippen LogP contribution < -0.4 is 0 Å². The molecule has 1 aromatic heterocycles. The van der Waals surface area contributed by atoms with E-state index < -0.39 is 5.60 Å². The normalized spacial score (nSPS) is 14.7. The summed E-state index contributed by atoms with van der Waals surface area (Å²) in [5, 5.41) is 10.4. The summed E-state index contributed by atoms with van der Waals surface area (Å²) in [4.78, 5) is 4.64. The Morgan fingerprint density at radius 1 is 1.37 bits per heavy atom. The molecule has 4 heteroatoms. The summed E-state index contributed by atoms with van der Waals surface area (Å²) in [5.41, 5.74) is 1.33. The quantitative estimate of drug-likeness (QED) is 0.869. The molecule has 1 aromatic carbocycles. The Hall–Kier alpha value is -1.39. The van der Waals surface area contributed by atoms with Crippen molar-refractivity contribution in [3.63, 3.8) is 0 Å². The number of aromatic nitrogens is 2. The van der Waals surface area contributed by atoms with Crippen molar-refractivity contribution >= 4 is 11.0 Å². The zero-order valence-electron chi connectivity index (χ0n) is 11.9. The average molecular weight is 262 g/mol. The Kier molecular flexibility index (Phi) is 4.22. The SMILES string of the molecule is CCn1c(CC(C)(O)CCOC)nc2ccccc21. The first-order valence-corrected chi connectivity index (χ1v) is 6.73. The number of nitrogens with zero attached hydrogens (tertiary/aromatic N) is 2. The molecule has 2 aromatic rings. The number of methoxy groups -OCH3 is 1. The lowest BCUT2D eigenvalue weighted by Crippen LogP contribution is -2.30. The van der Waals surface area contributed by atoms with Crippen molar-refractivity contribution in [2.75, 3.05) is 13.7 Å². The van der Waals surface area contributed by atoms with Crippen LogP contribution in [0.1, 0.15) is 26.1 Å². The second-order valence-electron chi connectivity index (χ2n) is 5.18. The topological polar surface area (TPSA) is 47.3 Å². The molecular formula is C15H22N2O2. The van der Waals surface area contributed by atoms with Gasteiger partial charge < -0.3 is 14.4 Å². The Morgan fingerprint density at radius 3 is 2.79 bits per heavy atom. The number of aryl methyl sites for hydroxylation is 1. The molecule has 2 rings (SSSR count). The van der Waals surface area contributed by atoms with Crippen molar-refractivity contribution in [2.24, 2.45) is 0 Å². The zero-order chi connectivity index (χ0) is 13.9. The highest BCUT2D eigenvalue weighted by Gasteiger charge is 2.24. The van der Waals surface area contributed by atoms with Gasteiger partial charge in [-0.2, -0.15) is 0 Å². The third kappa shape index (κ3) is 3.14. The molecule has 0 saturated carbocycles. The molecule has 0 aliphatic carbocycles. The summed E-state index contributed by atoms with van der Waals surface area (Å²) in [6.45, 7) is 5.35. The molecule has 104 valence electrons. The molecule has 1 unspecified atom stereocenters. The van der Waals surface area contributed by atoms with E-state index in [9.17, 15) is 5.11 Å². The first-order valence-electron chi connectivity index (χ1n) is 6.73. The van der Waals surface area contributed by atoms with E-state index in [1.807, 2.05) is 25.1 Å². The van der Waals surface area contributed by atoms with Crippen LogP contribution in [-0.2, 0) is 17.7 Å². The van der Waals surface area contributed by atoms with Crippen molar-refractivity contribution in [1.82, 2.24) is 9.55 Å². The van der Waals surface area contributed by atoms with E-state index in [0.29, 0.717) is 19.4 Å². The molecule has 0 radical (unpaired) electrons. The minimum atomic E-state index is -0.787. The highest BCUT2D eigenvalue weighted by Crippen LogP contribution is 2.21. The summed E-state index contributed by atoms with van der Waals surface area (Å²) < 4.78 is 7.21. The molecule has 0 bridgehead atoms. The number of rotatable bonds is 6. The van der Waals surface area contributed by atoms with Gasteiger partial charge in [0.15, 0.2) is 0 Å². The largest absolute Gasteiger partial charge is 0.390 e. The molecule has 0 spiro atoms.